The molecule has 3 rings (SSSR count). The van der Waals surface area contributed by atoms with Gasteiger partial charge in [-0.15, -0.1) is 11.3 Å². The number of carbonyl (C=O) groups is 1. The molecular formula is C21H21ClN2O4S. The van der Waals surface area contributed by atoms with Gasteiger partial charge in [0.1, 0.15) is 5.75 Å². The van der Waals surface area contributed by atoms with Crippen LogP contribution in [0.2, 0.25) is 5.02 Å². The van der Waals surface area contributed by atoms with Gasteiger partial charge in [-0.2, -0.15) is 0 Å². The molecule has 2 aromatic carbocycles. The minimum absolute atomic E-state index is 0.143. The van der Waals surface area contributed by atoms with Crippen LogP contribution in [0.25, 0.3) is 11.3 Å². The van der Waals surface area contributed by atoms with Gasteiger partial charge < -0.3 is 14.2 Å². The Kier molecular flexibility index (Phi) is 7.32. The molecule has 0 spiro atoms. The molecule has 0 radical (unpaired) electrons. The zero-order valence-corrected chi connectivity index (χ0v) is 17.7. The third kappa shape index (κ3) is 5.62. The Hall–Kier alpha value is -2.77. The molecule has 1 aromatic heterocycles. The molecule has 152 valence electrons. The number of hydrogen-bond acceptors (Lipinski definition) is 6. The van der Waals surface area contributed by atoms with E-state index in [9.17, 15) is 4.79 Å². The average Bonchev–Trinajstić information content (AvgIpc) is 3.19. The average molecular weight is 433 g/mol. The standard InChI is InChI=1S/C21H21ClN2O4S/c1-3-10-27-18-6-4-5-7-19(18)28-12-20(25)24-21-23-16(13-29-21)14-8-9-17(26-2)15(22)11-14/h4-9,11,13H,3,10,12H2,1-2H3,(H,23,24,25). The van der Waals surface area contributed by atoms with Gasteiger partial charge in [-0.05, 0) is 36.8 Å². The first kappa shape index (κ1) is 21.0. The van der Waals surface area contributed by atoms with Gasteiger partial charge in [-0.25, -0.2) is 4.98 Å². The molecule has 0 unspecified atom stereocenters. The summed E-state index contributed by atoms with van der Waals surface area (Å²) in [6.07, 6.45) is 0.889. The molecule has 0 aliphatic carbocycles. The maximum Gasteiger partial charge on any atom is 0.264 e. The fourth-order valence-electron chi connectivity index (χ4n) is 2.49. The molecule has 1 amide bonds. The Bertz CT molecular complexity index is 977. The van der Waals surface area contributed by atoms with Crippen molar-refractivity contribution in [1.82, 2.24) is 4.98 Å². The van der Waals surface area contributed by atoms with E-state index in [4.69, 9.17) is 25.8 Å². The molecule has 1 heterocycles. The van der Waals surface area contributed by atoms with Crippen LogP contribution in [-0.4, -0.2) is 31.2 Å². The van der Waals surface area contributed by atoms with Crippen molar-refractivity contribution >= 4 is 34.0 Å². The number of anilines is 1. The van der Waals surface area contributed by atoms with Gasteiger partial charge in [-0.1, -0.05) is 30.7 Å². The van der Waals surface area contributed by atoms with E-state index >= 15 is 0 Å². The van der Waals surface area contributed by atoms with Crippen molar-refractivity contribution in [3.63, 3.8) is 0 Å². The minimum Gasteiger partial charge on any atom is -0.495 e. The normalized spacial score (nSPS) is 10.4. The van der Waals surface area contributed by atoms with E-state index in [0.717, 1.165) is 12.0 Å². The summed E-state index contributed by atoms with van der Waals surface area (Å²) in [4.78, 5) is 16.7. The Labute approximate surface area is 178 Å². The number of halogens is 1. The van der Waals surface area contributed by atoms with E-state index in [2.05, 4.69) is 10.3 Å². The first-order chi connectivity index (χ1) is 14.1. The predicted molar refractivity (Wildman–Crippen MR) is 115 cm³/mol. The van der Waals surface area contributed by atoms with E-state index in [-0.39, 0.29) is 12.5 Å². The molecule has 0 bridgehead atoms. The molecular weight excluding hydrogens is 412 g/mol. The summed E-state index contributed by atoms with van der Waals surface area (Å²) in [7, 11) is 1.56. The Balaban J connectivity index is 1.59. The van der Waals surface area contributed by atoms with Crippen molar-refractivity contribution in [2.24, 2.45) is 0 Å². The lowest BCUT2D eigenvalue weighted by molar-refractivity contribution is -0.118. The van der Waals surface area contributed by atoms with Crippen LogP contribution in [0.15, 0.2) is 47.8 Å². The molecule has 0 saturated carbocycles. The SMILES string of the molecule is CCCOc1ccccc1OCC(=O)Nc1nc(-c2ccc(OC)c(Cl)c2)cs1. The molecule has 0 aliphatic rings. The Morgan fingerprint density at radius 3 is 2.59 bits per heavy atom. The van der Waals surface area contributed by atoms with Gasteiger partial charge in [0.2, 0.25) is 0 Å². The van der Waals surface area contributed by atoms with Crippen molar-refractivity contribution < 1.29 is 19.0 Å². The summed E-state index contributed by atoms with van der Waals surface area (Å²) >= 11 is 7.50. The van der Waals surface area contributed by atoms with Gasteiger partial charge in [0.25, 0.3) is 5.91 Å². The summed E-state index contributed by atoms with van der Waals surface area (Å²) in [5.41, 5.74) is 1.56. The predicted octanol–water partition coefficient (Wildman–Crippen LogP) is 5.28. The van der Waals surface area contributed by atoms with Gasteiger partial charge in [0.05, 0.1) is 24.4 Å². The first-order valence-corrected chi connectivity index (χ1v) is 10.3. The quantitative estimate of drug-likeness (QED) is 0.498. The van der Waals surface area contributed by atoms with Crippen molar-refractivity contribution in [1.29, 1.82) is 0 Å². The zero-order chi connectivity index (χ0) is 20.6. The van der Waals surface area contributed by atoms with Crippen LogP contribution in [0, 0.1) is 0 Å². The maximum absolute atomic E-state index is 12.2. The highest BCUT2D eigenvalue weighted by Crippen LogP contribution is 2.32. The highest BCUT2D eigenvalue weighted by atomic mass is 35.5. The summed E-state index contributed by atoms with van der Waals surface area (Å²) in [5, 5.41) is 5.58. The Morgan fingerprint density at radius 1 is 1.14 bits per heavy atom. The van der Waals surface area contributed by atoms with Crippen molar-refractivity contribution in [3.05, 3.63) is 52.9 Å². The fraction of sp³-hybridized carbons (Fsp3) is 0.238. The minimum atomic E-state index is -0.302. The number of ether oxygens (including phenoxy) is 3. The van der Waals surface area contributed by atoms with Crippen molar-refractivity contribution in [2.45, 2.75) is 13.3 Å². The molecule has 3 aromatic rings. The summed E-state index contributed by atoms with van der Waals surface area (Å²) in [6, 6.07) is 12.7. The van der Waals surface area contributed by atoms with E-state index in [1.54, 1.807) is 25.3 Å². The molecule has 6 nitrogen and oxygen atoms in total. The van der Waals surface area contributed by atoms with Crippen LogP contribution < -0.4 is 19.5 Å². The third-order valence-corrected chi connectivity index (χ3v) is 4.92. The van der Waals surface area contributed by atoms with Gasteiger partial charge >= 0.3 is 0 Å². The molecule has 0 atom stereocenters. The van der Waals surface area contributed by atoms with Crippen molar-refractivity contribution in [3.8, 4) is 28.5 Å². The number of hydrogen-bond donors (Lipinski definition) is 1. The molecule has 8 heteroatoms. The van der Waals surface area contributed by atoms with Gasteiger partial charge in [-0.3, -0.25) is 10.1 Å². The number of methoxy groups -OCH3 is 1. The van der Waals surface area contributed by atoms with Crippen LogP contribution in [0.5, 0.6) is 17.2 Å². The number of benzene rings is 2. The van der Waals surface area contributed by atoms with Crippen LogP contribution in [0.4, 0.5) is 5.13 Å². The second kappa shape index (κ2) is 10.1. The van der Waals surface area contributed by atoms with Gasteiger partial charge in [0, 0.05) is 10.9 Å². The highest BCUT2D eigenvalue weighted by Gasteiger charge is 2.12. The first-order valence-electron chi connectivity index (χ1n) is 9.04. The topological polar surface area (TPSA) is 69.7 Å². The number of para-hydroxylation sites is 2. The number of amides is 1. The zero-order valence-electron chi connectivity index (χ0n) is 16.1. The number of nitrogens with zero attached hydrogens (tertiary/aromatic N) is 1. The number of carbonyl (C=O) groups excluding carboxylic acids is 1. The van der Waals surface area contributed by atoms with Crippen LogP contribution in [0.1, 0.15) is 13.3 Å². The largest absolute Gasteiger partial charge is 0.495 e. The smallest absolute Gasteiger partial charge is 0.264 e. The second-order valence-corrected chi connectivity index (χ2v) is 7.28. The lowest BCUT2D eigenvalue weighted by Gasteiger charge is -2.11. The van der Waals surface area contributed by atoms with Gasteiger partial charge in [0.15, 0.2) is 23.2 Å². The van der Waals surface area contributed by atoms with Crippen molar-refractivity contribution in [2.75, 3.05) is 25.6 Å². The third-order valence-electron chi connectivity index (χ3n) is 3.87. The number of aromatic nitrogens is 1. The lowest BCUT2D eigenvalue weighted by Crippen LogP contribution is -2.20. The summed E-state index contributed by atoms with van der Waals surface area (Å²) in [6.45, 7) is 2.47. The lowest BCUT2D eigenvalue weighted by atomic mass is 10.2. The van der Waals surface area contributed by atoms with E-state index < -0.39 is 0 Å². The highest BCUT2D eigenvalue weighted by molar-refractivity contribution is 7.14. The van der Waals surface area contributed by atoms with E-state index in [1.807, 2.05) is 36.6 Å². The van der Waals surface area contributed by atoms with Crippen LogP contribution in [0.3, 0.4) is 0 Å². The van der Waals surface area contributed by atoms with Crippen LogP contribution in [-0.2, 0) is 4.79 Å². The molecule has 0 fully saturated rings. The molecule has 0 saturated heterocycles. The monoisotopic (exact) mass is 432 g/mol. The Morgan fingerprint density at radius 2 is 1.90 bits per heavy atom. The maximum atomic E-state index is 12.2. The number of nitrogens with one attached hydrogen (secondary N) is 1. The summed E-state index contributed by atoms with van der Waals surface area (Å²) < 4.78 is 16.4. The van der Waals surface area contributed by atoms with E-state index in [1.165, 1.54) is 11.3 Å². The molecule has 29 heavy (non-hydrogen) atoms. The second-order valence-electron chi connectivity index (χ2n) is 6.02. The molecule has 0 aliphatic heterocycles. The molecule has 1 N–H and O–H groups in total. The number of rotatable bonds is 9. The summed E-state index contributed by atoms with van der Waals surface area (Å²) in [5.74, 6) is 1.45. The van der Waals surface area contributed by atoms with Crippen LogP contribution >= 0.6 is 22.9 Å². The van der Waals surface area contributed by atoms with E-state index in [0.29, 0.717) is 39.7 Å². The fourth-order valence-corrected chi connectivity index (χ4v) is 3.48. The number of thiazole rings is 1.